The number of nitrogens with zero attached hydrogens (tertiary/aromatic N) is 4. The zero-order valence-corrected chi connectivity index (χ0v) is 19.5. The van der Waals surface area contributed by atoms with Crippen LogP contribution < -0.4 is 10.9 Å². The van der Waals surface area contributed by atoms with E-state index in [0.29, 0.717) is 28.4 Å². The van der Waals surface area contributed by atoms with Crippen LogP contribution in [-0.2, 0) is 4.79 Å². The van der Waals surface area contributed by atoms with Crippen LogP contribution in [0.2, 0.25) is 0 Å². The first-order chi connectivity index (χ1) is 15.5. The lowest BCUT2D eigenvalue weighted by Gasteiger charge is -2.18. The molecule has 2 aromatic heterocycles. The number of aryl methyl sites for hydroxylation is 2. The number of nitrogens with one attached hydrogen (secondary N) is 1. The number of rotatable bonds is 4. The molecule has 2 aliphatic rings. The number of hydrogen-bond acceptors (Lipinski definition) is 5. The molecule has 1 aromatic carbocycles. The van der Waals surface area contributed by atoms with Gasteiger partial charge in [-0.3, -0.25) is 14.2 Å². The normalized spacial score (nSPS) is 19.1. The van der Waals surface area contributed by atoms with Crippen LogP contribution in [0, 0.1) is 13.8 Å². The highest BCUT2D eigenvalue weighted by atomic mass is 32.2. The van der Waals surface area contributed by atoms with Crippen LogP contribution in [0.15, 0.2) is 34.3 Å². The summed E-state index contributed by atoms with van der Waals surface area (Å²) in [7, 11) is 0. The Kier molecular flexibility index (Phi) is 5.80. The predicted molar refractivity (Wildman–Crippen MR) is 127 cm³/mol. The Bertz CT molecular complexity index is 1220. The van der Waals surface area contributed by atoms with Crippen molar-refractivity contribution in [2.45, 2.75) is 76.0 Å². The van der Waals surface area contributed by atoms with Crippen LogP contribution in [0.3, 0.4) is 0 Å². The van der Waals surface area contributed by atoms with E-state index in [4.69, 9.17) is 4.98 Å². The molecular weight excluding hydrogens is 422 g/mol. The van der Waals surface area contributed by atoms with Crippen molar-refractivity contribution in [3.8, 4) is 5.69 Å². The SMILES string of the molecule is Cc1ccc(-n2ncc3c(=O)n4c(nc32)SCC4CC(=O)NC2CCCCCC2)cc1C. The highest BCUT2D eigenvalue weighted by Crippen LogP contribution is 2.33. The molecule has 1 N–H and O–H groups in total. The molecule has 1 atom stereocenters. The Labute approximate surface area is 191 Å². The summed E-state index contributed by atoms with van der Waals surface area (Å²) in [5.41, 5.74) is 3.72. The lowest BCUT2D eigenvalue weighted by Crippen LogP contribution is -2.36. The van der Waals surface area contributed by atoms with Crippen molar-refractivity contribution in [3.63, 3.8) is 0 Å². The van der Waals surface area contributed by atoms with Crippen LogP contribution >= 0.6 is 11.8 Å². The Morgan fingerprint density at radius 3 is 2.69 bits per heavy atom. The molecule has 7 nitrogen and oxygen atoms in total. The van der Waals surface area contributed by atoms with E-state index in [1.54, 1.807) is 27.2 Å². The lowest BCUT2D eigenvalue weighted by molar-refractivity contribution is -0.122. The van der Waals surface area contributed by atoms with Crippen molar-refractivity contribution in [1.29, 1.82) is 0 Å². The first kappa shape index (κ1) is 21.2. The number of carbonyl (C=O) groups is 1. The minimum Gasteiger partial charge on any atom is -0.353 e. The maximum atomic E-state index is 13.3. The van der Waals surface area contributed by atoms with Gasteiger partial charge in [-0.1, -0.05) is 43.5 Å². The van der Waals surface area contributed by atoms with Gasteiger partial charge in [0.25, 0.3) is 5.56 Å². The summed E-state index contributed by atoms with van der Waals surface area (Å²) in [6.45, 7) is 4.13. The minimum absolute atomic E-state index is 0.0353. The maximum Gasteiger partial charge on any atom is 0.265 e. The van der Waals surface area contributed by atoms with E-state index in [-0.39, 0.29) is 23.6 Å². The Morgan fingerprint density at radius 2 is 1.94 bits per heavy atom. The number of fused-ring (bicyclic) bond motifs is 2. The Balaban J connectivity index is 1.41. The van der Waals surface area contributed by atoms with Crippen molar-refractivity contribution < 1.29 is 4.79 Å². The molecule has 168 valence electrons. The molecule has 1 fully saturated rings. The molecule has 0 bridgehead atoms. The maximum absolute atomic E-state index is 13.3. The van der Waals surface area contributed by atoms with Crippen LogP contribution in [-0.4, -0.2) is 37.0 Å². The Morgan fingerprint density at radius 1 is 1.16 bits per heavy atom. The van der Waals surface area contributed by atoms with Crippen molar-refractivity contribution in [2.24, 2.45) is 0 Å². The fraction of sp³-hybridized carbons (Fsp3) is 0.500. The third-order valence-electron chi connectivity index (χ3n) is 6.75. The van der Waals surface area contributed by atoms with Gasteiger partial charge in [-0.25, -0.2) is 9.67 Å². The smallest absolute Gasteiger partial charge is 0.265 e. The summed E-state index contributed by atoms with van der Waals surface area (Å²) >= 11 is 1.54. The number of thioether (sulfide) groups is 1. The second-order valence-corrected chi connectivity index (χ2v) is 10.0. The average molecular weight is 452 g/mol. The Hall–Kier alpha value is -2.61. The fourth-order valence-corrected chi connectivity index (χ4v) is 5.88. The van der Waals surface area contributed by atoms with E-state index in [0.717, 1.165) is 24.1 Å². The third kappa shape index (κ3) is 3.96. The van der Waals surface area contributed by atoms with Crippen molar-refractivity contribution in [2.75, 3.05) is 5.75 Å². The second-order valence-electron chi connectivity index (χ2n) is 9.06. The highest BCUT2D eigenvalue weighted by Gasteiger charge is 2.30. The molecule has 0 saturated heterocycles. The number of aromatic nitrogens is 4. The van der Waals surface area contributed by atoms with Crippen LogP contribution in [0.25, 0.3) is 16.7 Å². The first-order valence-corrected chi connectivity index (χ1v) is 12.5. The standard InChI is InChI=1S/C24H29N5O2S/c1-15-9-10-18(11-16(15)2)29-22-20(13-25-29)23(31)28-19(14-32-24(28)27-22)12-21(30)26-17-7-5-3-4-6-8-17/h9-11,13,17,19H,3-8,12,14H2,1-2H3,(H,26,30). The molecule has 5 rings (SSSR count). The second kappa shape index (κ2) is 8.73. The predicted octanol–water partition coefficient (Wildman–Crippen LogP) is 4.07. The molecule has 1 amide bonds. The van der Waals surface area contributed by atoms with E-state index < -0.39 is 0 Å². The molecule has 1 saturated carbocycles. The third-order valence-corrected chi connectivity index (χ3v) is 7.84. The largest absolute Gasteiger partial charge is 0.353 e. The van der Waals surface area contributed by atoms with E-state index in [2.05, 4.69) is 36.4 Å². The summed E-state index contributed by atoms with van der Waals surface area (Å²) in [5.74, 6) is 0.720. The summed E-state index contributed by atoms with van der Waals surface area (Å²) < 4.78 is 3.43. The average Bonchev–Trinajstić information content (AvgIpc) is 3.28. The van der Waals surface area contributed by atoms with Gasteiger partial charge in [0.2, 0.25) is 5.91 Å². The van der Waals surface area contributed by atoms with Gasteiger partial charge in [-0.2, -0.15) is 5.10 Å². The van der Waals surface area contributed by atoms with Crippen LogP contribution in [0.4, 0.5) is 0 Å². The molecule has 0 radical (unpaired) electrons. The van der Waals surface area contributed by atoms with Gasteiger partial charge < -0.3 is 5.32 Å². The first-order valence-electron chi connectivity index (χ1n) is 11.5. The van der Waals surface area contributed by atoms with Gasteiger partial charge in [0.15, 0.2) is 10.8 Å². The van der Waals surface area contributed by atoms with E-state index in [9.17, 15) is 9.59 Å². The quantitative estimate of drug-likeness (QED) is 0.478. The number of amides is 1. The van der Waals surface area contributed by atoms with Gasteiger partial charge in [0.05, 0.1) is 17.9 Å². The summed E-state index contributed by atoms with van der Waals surface area (Å²) in [6, 6.07) is 6.20. The van der Waals surface area contributed by atoms with Crippen molar-refractivity contribution in [3.05, 3.63) is 45.9 Å². The zero-order valence-electron chi connectivity index (χ0n) is 18.6. The highest BCUT2D eigenvalue weighted by molar-refractivity contribution is 7.99. The molecule has 32 heavy (non-hydrogen) atoms. The molecule has 3 heterocycles. The molecule has 3 aromatic rings. The molecular formula is C24H29N5O2S. The van der Waals surface area contributed by atoms with Gasteiger partial charge in [0.1, 0.15) is 5.39 Å². The van der Waals surface area contributed by atoms with Gasteiger partial charge >= 0.3 is 0 Å². The topological polar surface area (TPSA) is 81.8 Å². The van der Waals surface area contributed by atoms with E-state index in [1.165, 1.54) is 31.2 Å². The summed E-state index contributed by atoms with van der Waals surface area (Å²) in [6.07, 6.45) is 8.90. The number of benzene rings is 1. The van der Waals surface area contributed by atoms with E-state index in [1.807, 2.05) is 6.07 Å². The van der Waals surface area contributed by atoms with Crippen LogP contribution in [0.1, 0.15) is 62.1 Å². The van der Waals surface area contributed by atoms with Crippen molar-refractivity contribution >= 4 is 28.7 Å². The molecule has 1 unspecified atom stereocenters. The van der Waals surface area contributed by atoms with Gasteiger partial charge in [-0.15, -0.1) is 0 Å². The molecule has 8 heteroatoms. The number of hydrogen-bond donors (Lipinski definition) is 1. The molecule has 1 aliphatic carbocycles. The van der Waals surface area contributed by atoms with Crippen LogP contribution in [0.5, 0.6) is 0 Å². The summed E-state index contributed by atoms with van der Waals surface area (Å²) in [5, 5.41) is 8.83. The molecule has 0 spiro atoms. The van der Waals surface area contributed by atoms with E-state index >= 15 is 0 Å². The van der Waals surface area contributed by atoms with Gasteiger partial charge in [-0.05, 0) is 49.9 Å². The minimum atomic E-state index is -0.171. The van der Waals surface area contributed by atoms with Crippen molar-refractivity contribution in [1.82, 2.24) is 24.6 Å². The fourth-order valence-electron chi connectivity index (χ4n) is 4.75. The summed E-state index contributed by atoms with van der Waals surface area (Å²) in [4.78, 5) is 30.9. The van der Waals surface area contributed by atoms with Gasteiger partial charge in [0, 0.05) is 18.2 Å². The monoisotopic (exact) mass is 451 g/mol. The zero-order chi connectivity index (χ0) is 22.2. The molecule has 1 aliphatic heterocycles. The lowest BCUT2D eigenvalue weighted by atomic mass is 10.1. The number of carbonyl (C=O) groups excluding carboxylic acids is 1.